The maximum Gasteiger partial charge on any atom is 0.132 e. The fourth-order valence-electron chi connectivity index (χ4n) is 1.55. The summed E-state index contributed by atoms with van der Waals surface area (Å²) in [6.07, 6.45) is 0. The monoisotopic (exact) mass is 312 g/mol. The Morgan fingerprint density at radius 3 is 2.76 bits per heavy atom. The Kier molecular flexibility index (Phi) is 4.09. The van der Waals surface area contributed by atoms with Gasteiger partial charge in [0.15, 0.2) is 0 Å². The molecule has 90 valence electrons. The average Bonchev–Trinajstić information content (AvgIpc) is 2.68. The van der Waals surface area contributed by atoms with E-state index in [1.54, 1.807) is 0 Å². The van der Waals surface area contributed by atoms with Crippen LogP contribution in [0.3, 0.4) is 0 Å². The number of nitrogens with two attached hydrogens (primary N) is 1. The third-order valence-corrected chi connectivity index (χ3v) is 3.77. The Morgan fingerprint density at radius 2 is 2.12 bits per heavy atom. The molecule has 4 nitrogen and oxygen atoms in total. The Hall–Kier alpha value is -0.980. The lowest BCUT2D eigenvalue weighted by Crippen LogP contribution is -2.18. The summed E-state index contributed by atoms with van der Waals surface area (Å²) in [6.45, 7) is 1.56. The molecular weight excluding hydrogens is 300 g/mol. The Balaban J connectivity index is 2.01. The number of nitrogens with zero attached hydrogens (tertiary/aromatic N) is 3. The van der Waals surface area contributed by atoms with E-state index in [1.165, 1.54) is 17.1 Å². The predicted molar refractivity (Wildman–Crippen MR) is 73.6 cm³/mol. The molecule has 1 aromatic carbocycles. The van der Waals surface area contributed by atoms with E-state index in [2.05, 4.69) is 36.5 Å². The van der Waals surface area contributed by atoms with Crippen LogP contribution in [0.25, 0.3) is 0 Å². The standard InChI is InChI=1S/C11H13BrN4S/c1-16(7-10-11(13)17-15-14-10)6-8-4-2-3-5-9(8)12/h2-5H,6-7,13H2,1H3. The van der Waals surface area contributed by atoms with Crippen LogP contribution >= 0.6 is 27.5 Å². The molecule has 0 saturated carbocycles. The van der Waals surface area contributed by atoms with E-state index in [9.17, 15) is 0 Å². The predicted octanol–water partition coefficient (Wildman–Crippen LogP) is 2.51. The van der Waals surface area contributed by atoms with E-state index in [0.717, 1.165) is 16.7 Å². The zero-order valence-electron chi connectivity index (χ0n) is 9.43. The minimum Gasteiger partial charge on any atom is -0.388 e. The topological polar surface area (TPSA) is 55.0 Å². The fourth-order valence-corrected chi connectivity index (χ4v) is 2.40. The lowest BCUT2D eigenvalue weighted by Gasteiger charge is -2.16. The molecule has 2 aromatic rings. The quantitative estimate of drug-likeness (QED) is 0.942. The van der Waals surface area contributed by atoms with Crippen molar-refractivity contribution in [1.82, 2.24) is 14.5 Å². The van der Waals surface area contributed by atoms with Crippen LogP contribution < -0.4 is 5.73 Å². The van der Waals surface area contributed by atoms with E-state index in [4.69, 9.17) is 5.73 Å². The first-order chi connectivity index (χ1) is 8.16. The van der Waals surface area contributed by atoms with Crippen LogP contribution in [-0.2, 0) is 13.1 Å². The molecule has 0 fully saturated rings. The van der Waals surface area contributed by atoms with Crippen LogP contribution in [0.15, 0.2) is 28.7 Å². The van der Waals surface area contributed by atoms with E-state index >= 15 is 0 Å². The molecule has 0 aliphatic heterocycles. The second kappa shape index (κ2) is 5.57. The van der Waals surface area contributed by atoms with Gasteiger partial charge in [-0.3, -0.25) is 4.90 Å². The van der Waals surface area contributed by atoms with Gasteiger partial charge in [0.05, 0.1) is 0 Å². The Labute approximate surface area is 113 Å². The van der Waals surface area contributed by atoms with Crippen molar-refractivity contribution in [3.05, 3.63) is 40.0 Å². The normalized spacial score (nSPS) is 11.0. The zero-order chi connectivity index (χ0) is 12.3. The summed E-state index contributed by atoms with van der Waals surface area (Å²) in [5.74, 6) is 0. The van der Waals surface area contributed by atoms with Crippen molar-refractivity contribution in [3.63, 3.8) is 0 Å². The number of hydrogen-bond acceptors (Lipinski definition) is 5. The highest BCUT2D eigenvalue weighted by Gasteiger charge is 2.09. The van der Waals surface area contributed by atoms with Crippen LogP contribution in [0, 0.1) is 0 Å². The van der Waals surface area contributed by atoms with Crippen LogP contribution in [0.2, 0.25) is 0 Å². The molecule has 6 heteroatoms. The highest BCUT2D eigenvalue weighted by atomic mass is 79.9. The van der Waals surface area contributed by atoms with Gasteiger partial charge in [0.2, 0.25) is 0 Å². The number of benzene rings is 1. The van der Waals surface area contributed by atoms with Crippen molar-refractivity contribution in [2.24, 2.45) is 0 Å². The number of rotatable bonds is 4. The van der Waals surface area contributed by atoms with Crippen LogP contribution in [0.1, 0.15) is 11.3 Å². The minimum absolute atomic E-state index is 0.698. The van der Waals surface area contributed by atoms with Gasteiger partial charge in [-0.1, -0.05) is 38.6 Å². The van der Waals surface area contributed by atoms with Gasteiger partial charge in [-0.2, -0.15) is 0 Å². The van der Waals surface area contributed by atoms with Gasteiger partial charge in [0.1, 0.15) is 10.7 Å². The first kappa shape index (κ1) is 12.5. The molecule has 0 saturated heterocycles. The average molecular weight is 313 g/mol. The number of anilines is 1. The lowest BCUT2D eigenvalue weighted by atomic mass is 10.2. The van der Waals surface area contributed by atoms with Gasteiger partial charge in [-0.05, 0) is 18.7 Å². The van der Waals surface area contributed by atoms with Gasteiger partial charge >= 0.3 is 0 Å². The van der Waals surface area contributed by atoms with E-state index < -0.39 is 0 Å². The molecule has 0 atom stereocenters. The van der Waals surface area contributed by atoms with Gasteiger partial charge in [0.25, 0.3) is 0 Å². The molecular formula is C11H13BrN4S. The first-order valence-corrected chi connectivity index (χ1v) is 6.72. The van der Waals surface area contributed by atoms with Crippen molar-refractivity contribution in [1.29, 1.82) is 0 Å². The summed E-state index contributed by atoms with van der Waals surface area (Å²) < 4.78 is 4.95. The molecule has 0 bridgehead atoms. The second-order valence-electron chi connectivity index (χ2n) is 3.85. The maximum atomic E-state index is 5.77. The number of hydrogen-bond donors (Lipinski definition) is 1. The molecule has 0 amide bonds. The highest BCUT2D eigenvalue weighted by Crippen LogP contribution is 2.19. The largest absolute Gasteiger partial charge is 0.388 e. The summed E-state index contributed by atoms with van der Waals surface area (Å²) in [7, 11) is 2.04. The smallest absolute Gasteiger partial charge is 0.132 e. The maximum absolute atomic E-state index is 5.77. The SMILES string of the molecule is CN(Cc1ccccc1Br)Cc1nnsc1N. The summed E-state index contributed by atoms with van der Waals surface area (Å²) in [5.41, 5.74) is 7.87. The van der Waals surface area contributed by atoms with Gasteiger partial charge in [0, 0.05) is 29.1 Å². The van der Waals surface area contributed by atoms with E-state index in [0.29, 0.717) is 11.5 Å². The molecule has 0 radical (unpaired) electrons. The molecule has 0 unspecified atom stereocenters. The molecule has 0 aliphatic rings. The summed E-state index contributed by atoms with van der Waals surface area (Å²) in [4.78, 5) is 2.16. The first-order valence-electron chi connectivity index (χ1n) is 5.15. The molecule has 2 N–H and O–H groups in total. The van der Waals surface area contributed by atoms with Crippen molar-refractivity contribution >= 4 is 32.5 Å². The Morgan fingerprint density at radius 1 is 1.35 bits per heavy atom. The van der Waals surface area contributed by atoms with Gasteiger partial charge < -0.3 is 5.73 Å². The molecule has 1 aromatic heterocycles. The third kappa shape index (κ3) is 3.24. The number of halogens is 1. The second-order valence-corrected chi connectivity index (χ2v) is 5.49. The molecule has 17 heavy (non-hydrogen) atoms. The highest BCUT2D eigenvalue weighted by molar-refractivity contribution is 9.10. The number of aromatic nitrogens is 2. The molecule has 0 aliphatic carbocycles. The minimum atomic E-state index is 0.698. The van der Waals surface area contributed by atoms with Crippen LogP contribution in [0.4, 0.5) is 5.00 Å². The van der Waals surface area contributed by atoms with Crippen LogP contribution in [0.5, 0.6) is 0 Å². The molecule has 1 heterocycles. The molecule has 0 spiro atoms. The third-order valence-electron chi connectivity index (χ3n) is 2.40. The Bertz CT molecular complexity index is 500. The van der Waals surface area contributed by atoms with E-state index in [1.807, 2.05) is 25.2 Å². The number of nitrogen functional groups attached to an aromatic ring is 1. The lowest BCUT2D eigenvalue weighted by molar-refractivity contribution is 0.315. The molecule has 2 rings (SSSR count). The van der Waals surface area contributed by atoms with E-state index in [-0.39, 0.29) is 0 Å². The summed E-state index contributed by atoms with van der Waals surface area (Å²) in [5, 5.41) is 4.71. The van der Waals surface area contributed by atoms with Gasteiger partial charge in [-0.25, -0.2) is 0 Å². The summed E-state index contributed by atoms with van der Waals surface area (Å²) in [6, 6.07) is 8.19. The van der Waals surface area contributed by atoms with Crippen molar-refractivity contribution in [3.8, 4) is 0 Å². The zero-order valence-corrected chi connectivity index (χ0v) is 11.8. The fraction of sp³-hybridized carbons (Fsp3) is 0.273. The van der Waals surface area contributed by atoms with Crippen LogP contribution in [-0.4, -0.2) is 21.5 Å². The summed E-state index contributed by atoms with van der Waals surface area (Å²) >= 11 is 4.78. The van der Waals surface area contributed by atoms with Crippen molar-refractivity contribution in [2.75, 3.05) is 12.8 Å². The van der Waals surface area contributed by atoms with Gasteiger partial charge in [-0.15, -0.1) is 5.10 Å². The van der Waals surface area contributed by atoms with Crippen molar-refractivity contribution in [2.45, 2.75) is 13.1 Å². The van der Waals surface area contributed by atoms with Crippen molar-refractivity contribution < 1.29 is 0 Å².